The Balaban J connectivity index is 1.13. The predicted octanol–water partition coefficient (Wildman–Crippen LogP) is 12.2. The first kappa shape index (κ1) is 29.4. The number of hydrogen-bond donors (Lipinski definition) is 0. The maximum atomic E-state index is 5.06. The quantitative estimate of drug-likeness (QED) is 0.170. The maximum absolute atomic E-state index is 5.06. The molecule has 0 bridgehead atoms. The van der Waals surface area contributed by atoms with E-state index in [1.165, 1.54) is 32.7 Å². The van der Waals surface area contributed by atoms with Gasteiger partial charge in [0, 0.05) is 16.7 Å². The van der Waals surface area contributed by atoms with E-state index in [9.17, 15) is 0 Å². The van der Waals surface area contributed by atoms with E-state index in [1.54, 1.807) is 0 Å². The van der Waals surface area contributed by atoms with Gasteiger partial charge in [-0.3, -0.25) is 0 Å². The lowest BCUT2D eigenvalue weighted by Gasteiger charge is -2.11. The third-order valence-electron chi connectivity index (χ3n) is 9.33. The van der Waals surface area contributed by atoms with Gasteiger partial charge in [0.25, 0.3) is 0 Å². The van der Waals surface area contributed by atoms with Crippen molar-refractivity contribution in [3.8, 4) is 67.5 Å². The van der Waals surface area contributed by atoms with Gasteiger partial charge >= 0.3 is 0 Å². The van der Waals surface area contributed by atoms with Gasteiger partial charge in [0.05, 0.1) is 0 Å². The zero-order chi connectivity index (χ0) is 33.3. The van der Waals surface area contributed by atoms with Crippen LogP contribution in [0.25, 0.3) is 89.1 Å². The number of nitrogens with zero attached hydrogens (tertiary/aromatic N) is 3. The van der Waals surface area contributed by atoms with Crippen molar-refractivity contribution >= 4 is 21.5 Å². The van der Waals surface area contributed by atoms with Crippen LogP contribution in [0.1, 0.15) is 0 Å². The monoisotopic (exact) mass is 637 g/mol. The summed E-state index contributed by atoms with van der Waals surface area (Å²) >= 11 is 0. The van der Waals surface area contributed by atoms with Crippen molar-refractivity contribution in [1.29, 1.82) is 0 Å². The van der Waals surface area contributed by atoms with E-state index in [-0.39, 0.29) is 0 Å². The van der Waals surface area contributed by atoms with Gasteiger partial charge in [-0.2, -0.15) is 0 Å². The number of hydrogen-bond acceptors (Lipinski definition) is 3. The first-order valence-corrected chi connectivity index (χ1v) is 16.9. The van der Waals surface area contributed by atoms with Crippen molar-refractivity contribution in [3.63, 3.8) is 0 Å². The molecule has 3 heteroatoms. The summed E-state index contributed by atoms with van der Waals surface area (Å²) < 4.78 is 0. The average molecular weight is 638 g/mol. The molecule has 1 heterocycles. The minimum atomic E-state index is 0.637. The molecule has 50 heavy (non-hydrogen) atoms. The van der Waals surface area contributed by atoms with E-state index in [4.69, 9.17) is 15.0 Å². The van der Waals surface area contributed by atoms with E-state index < -0.39 is 0 Å². The summed E-state index contributed by atoms with van der Waals surface area (Å²) in [6.45, 7) is 0. The van der Waals surface area contributed by atoms with Gasteiger partial charge in [-0.05, 0) is 67.1 Å². The first-order chi connectivity index (χ1) is 24.7. The van der Waals surface area contributed by atoms with Crippen LogP contribution in [0.2, 0.25) is 0 Å². The molecule has 0 aliphatic rings. The van der Waals surface area contributed by atoms with Crippen molar-refractivity contribution < 1.29 is 0 Å². The second-order valence-corrected chi connectivity index (χ2v) is 12.5. The molecule has 0 unspecified atom stereocenters. The van der Waals surface area contributed by atoms with Crippen LogP contribution in [0, 0.1) is 0 Å². The Morgan fingerprint density at radius 1 is 0.220 bits per heavy atom. The topological polar surface area (TPSA) is 38.7 Å². The highest BCUT2D eigenvalue weighted by molar-refractivity contribution is 6.08. The molecule has 0 atom stereocenters. The van der Waals surface area contributed by atoms with E-state index >= 15 is 0 Å². The molecule has 0 saturated carbocycles. The molecule has 9 aromatic rings. The Hall–Kier alpha value is -6.71. The molecule has 0 amide bonds. The van der Waals surface area contributed by atoms with Crippen molar-refractivity contribution in [1.82, 2.24) is 15.0 Å². The Morgan fingerprint density at radius 2 is 0.620 bits per heavy atom. The second kappa shape index (κ2) is 12.7. The highest BCUT2D eigenvalue weighted by atomic mass is 15.0. The largest absolute Gasteiger partial charge is 0.208 e. The summed E-state index contributed by atoms with van der Waals surface area (Å²) in [4.78, 5) is 15.1. The number of fused-ring (bicyclic) bond motifs is 3. The van der Waals surface area contributed by atoms with Crippen LogP contribution in [0.5, 0.6) is 0 Å². The fraction of sp³-hybridized carbons (Fsp3) is 0. The Kier molecular flexibility index (Phi) is 7.49. The summed E-state index contributed by atoms with van der Waals surface area (Å²) in [6, 6.07) is 65.9. The van der Waals surface area contributed by atoms with Crippen LogP contribution in [0.15, 0.2) is 188 Å². The minimum Gasteiger partial charge on any atom is -0.208 e. The molecule has 0 radical (unpaired) electrons. The molecule has 0 spiro atoms. The molecule has 3 nitrogen and oxygen atoms in total. The second-order valence-electron chi connectivity index (χ2n) is 12.5. The van der Waals surface area contributed by atoms with E-state index in [1.807, 2.05) is 12.1 Å². The fourth-order valence-electron chi connectivity index (χ4n) is 6.68. The highest BCUT2D eigenvalue weighted by Crippen LogP contribution is 2.33. The maximum Gasteiger partial charge on any atom is 0.164 e. The SMILES string of the molecule is c1ccc(-c2ccc(-c3nc(-c4ccc(-c5ccccc5)cc4)nc(-c4cccc(-c5ccc6c(ccc7ccccc76)c5)c4)n3)cc2)cc1. The number of benzene rings is 8. The van der Waals surface area contributed by atoms with E-state index in [2.05, 4.69) is 176 Å². The summed E-state index contributed by atoms with van der Waals surface area (Å²) in [6.07, 6.45) is 0. The van der Waals surface area contributed by atoms with Crippen LogP contribution in [0.3, 0.4) is 0 Å². The zero-order valence-corrected chi connectivity index (χ0v) is 27.2. The summed E-state index contributed by atoms with van der Waals surface area (Å²) in [5.74, 6) is 1.91. The Labute approximate surface area is 291 Å². The minimum absolute atomic E-state index is 0.637. The van der Waals surface area contributed by atoms with Gasteiger partial charge in [-0.15, -0.1) is 0 Å². The highest BCUT2D eigenvalue weighted by Gasteiger charge is 2.14. The van der Waals surface area contributed by atoms with Crippen molar-refractivity contribution in [2.45, 2.75) is 0 Å². The molecule has 0 fully saturated rings. The lowest BCUT2D eigenvalue weighted by Crippen LogP contribution is -2.00. The van der Waals surface area contributed by atoms with E-state index in [0.717, 1.165) is 38.9 Å². The van der Waals surface area contributed by atoms with Crippen LogP contribution in [-0.2, 0) is 0 Å². The molecular formula is C47H31N3. The average Bonchev–Trinajstić information content (AvgIpc) is 3.21. The lowest BCUT2D eigenvalue weighted by molar-refractivity contribution is 1.07. The Bertz CT molecular complexity index is 2510. The van der Waals surface area contributed by atoms with Crippen molar-refractivity contribution in [3.05, 3.63) is 188 Å². The standard InChI is InChI=1S/C47H31N3/c1-3-10-32(11-4-1)34-18-23-37(24-19-34)45-48-46(38-25-20-35(21-26-38)33-12-5-2-6-13-33)50-47(49-45)42-16-9-15-39(31-42)40-28-29-44-41(30-40)27-22-36-14-7-8-17-43(36)44/h1-31H. The van der Waals surface area contributed by atoms with Gasteiger partial charge in [0.1, 0.15) is 0 Å². The molecule has 9 rings (SSSR count). The number of aromatic nitrogens is 3. The molecule has 0 aliphatic carbocycles. The molecule has 8 aromatic carbocycles. The van der Waals surface area contributed by atoms with Crippen LogP contribution in [-0.4, -0.2) is 15.0 Å². The van der Waals surface area contributed by atoms with Gasteiger partial charge < -0.3 is 0 Å². The van der Waals surface area contributed by atoms with Gasteiger partial charge in [-0.1, -0.05) is 176 Å². The zero-order valence-electron chi connectivity index (χ0n) is 27.2. The molecule has 0 aliphatic heterocycles. The Morgan fingerprint density at radius 3 is 1.24 bits per heavy atom. The smallest absolute Gasteiger partial charge is 0.164 e. The van der Waals surface area contributed by atoms with E-state index in [0.29, 0.717) is 17.5 Å². The third-order valence-corrected chi connectivity index (χ3v) is 9.33. The molecule has 0 saturated heterocycles. The lowest BCUT2D eigenvalue weighted by atomic mass is 9.96. The van der Waals surface area contributed by atoms with Gasteiger partial charge in [0.15, 0.2) is 17.5 Å². The third kappa shape index (κ3) is 5.72. The number of rotatable bonds is 6. The summed E-state index contributed by atoms with van der Waals surface area (Å²) in [5, 5.41) is 4.99. The van der Waals surface area contributed by atoms with Gasteiger partial charge in [0.2, 0.25) is 0 Å². The predicted molar refractivity (Wildman–Crippen MR) is 207 cm³/mol. The summed E-state index contributed by atoms with van der Waals surface area (Å²) in [5.41, 5.74) is 9.72. The molecule has 234 valence electrons. The van der Waals surface area contributed by atoms with Crippen LogP contribution >= 0.6 is 0 Å². The van der Waals surface area contributed by atoms with Crippen molar-refractivity contribution in [2.24, 2.45) is 0 Å². The molecular weight excluding hydrogens is 607 g/mol. The van der Waals surface area contributed by atoms with Crippen LogP contribution < -0.4 is 0 Å². The summed E-state index contributed by atoms with van der Waals surface area (Å²) in [7, 11) is 0. The van der Waals surface area contributed by atoms with Crippen molar-refractivity contribution in [2.75, 3.05) is 0 Å². The molecule has 1 aromatic heterocycles. The normalized spacial score (nSPS) is 11.2. The fourth-order valence-corrected chi connectivity index (χ4v) is 6.68. The molecule has 0 N–H and O–H groups in total. The first-order valence-electron chi connectivity index (χ1n) is 16.9. The van der Waals surface area contributed by atoms with Gasteiger partial charge in [-0.25, -0.2) is 15.0 Å². The van der Waals surface area contributed by atoms with Crippen LogP contribution in [0.4, 0.5) is 0 Å².